The molecule has 4 fully saturated rings. The number of hydrogen-bond acceptors (Lipinski definition) is 5. The molecule has 2 atom stereocenters. The quantitative estimate of drug-likeness (QED) is 0.777. The molecular weight excluding hydrogens is 316 g/mol. The average molecular weight is 353 g/mol. The topological polar surface area (TPSA) is 34.2 Å². The van der Waals surface area contributed by atoms with E-state index in [1.165, 1.54) is 25.9 Å². The number of rotatable bonds is 4. The Labute approximate surface area is 153 Å². The lowest BCUT2D eigenvalue weighted by Gasteiger charge is -2.48. The summed E-state index contributed by atoms with van der Waals surface area (Å²) in [5.74, 6) is -0.287. The van der Waals surface area contributed by atoms with Crippen LogP contribution in [0.25, 0.3) is 0 Å². The van der Waals surface area contributed by atoms with Gasteiger partial charge in [-0.05, 0) is 53.1 Å². The predicted molar refractivity (Wildman–Crippen MR) is 97.6 cm³/mol. The highest BCUT2D eigenvalue weighted by Gasteiger charge is 2.45. The second-order valence-electron chi connectivity index (χ2n) is 9.20. The van der Waals surface area contributed by atoms with Crippen molar-refractivity contribution in [3.63, 3.8) is 0 Å². The lowest BCUT2D eigenvalue weighted by Crippen LogP contribution is -2.53. The van der Waals surface area contributed by atoms with Crippen LogP contribution in [-0.4, -0.2) is 79.8 Å². The van der Waals surface area contributed by atoms with E-state index in [4.69, 9.17) is 14.2 Å². The van der Waals surface area contributed by atoms with E-state index in [1.54, 1.807) is 0 Å². The van der Waals surface area contributed by atoms with Gasteiger partial charge in [0.05, 0.1) is 25.9 Å². The molecule has 25 heavy (non-hydrogen) atoms. The smallest absolute Gasteiger partial charge is 0.171 e. The minimum atomic E-state index is -0.287. The molecule has 0 aromatic rings. The Morgan fingerprint density at radius 3 is 2.12 bits per heavy atom. The molecule has 4 saturated heterocycles. The number of piperidine rings is 2. The van der Waals surface area contributed by atoms with Gasteiger partial charge in [-0.25, -0.2) is 0 Å². The van der Waals surface area contributed by atoms with E-state index >= 15 is 0 Å². The zero-order valence-electron chi connectivity index (χ0n) is 16.3. The first-order valence-electron chi connectivity index (χ1n) is 10.4. The summed E-state index contributed by atoms with van der Waals surface area (Å²) >= 11 is 0. The Kier molecular flexibility index (Phi) is 5.15. The average Bonchev–Trinajstić information content (AvgIpc) is 2.96. The van der Waals surface area contributed by atoms with E-state index in [9.17, 15) is 0 Å². The molecule has 5 heteroatoms. The molecule has 4 aliphatic rings. The van der Waals surface area contributed by atoms with Gasteiger partial charge in [0.1, 0.15) is 0 Å². The molecule has 0 N–H and O–H groups in total. The first-order valence-corrected chi connectivity index (χ1v) is 10.4. The van der Waals surface area contributed by atoms with Crippen molar-refractivity contribution in [2.75, 3.05) is 46.0 Å². The highest BCUT2D eigenvalue weighted by Crippen LogP contribution is 2.40. The van der Waals surface area contributed by atoms with Gasteiger partial charge in [0.2, 0.25) is 0 Å². The minimum Gasteiger partial charge on any atom is -0.380 e. The summed E-state index contributed by atoms with van der Waals surface area (Å²) in [6, 6.07) is 1.20. The highest BCUT2D eigenvalue weighted by molar-refractivity contribution is 4.93. The van der Waals surface area contributed by atoms with Crippen molar-refractivity contribution in [3.05, 3.63) is 0 Å². The Morgan fingerprint density at radius 2 is 1.56 bits per heavy atom. The van der Waals surface area contributed by atoms with E-state index in [0.717, 1.165) is 52.2 Å². The van der Waals surface area contributed by atoms with Gasteiger partial charge in [0.25, 0.3) is 0 Å². The molecular formula is C20H36N2O3. The lowest BCUT2D eigenvalue weighted by molar-refractivity contribution is -0.198. The zero-order valence-corrected chi connectivity index (χ0v) is 16.3. The summed E-state index contributed by atoms with van der Waals surface area (Å²) < 4.78 is 18.1. The van der Waals surface area contributed by atoms with Gasteiger partial charge in [0.15, 0.2) is 5.79 Å². The molecule has 0 radical (unpaired) electrons. The molecule has 4 heterocycles. The fourth-order valence-corrected chi connectivity index (χ4v) is 5.02. The Bertz CT molecular complexity index is 448. The van der Waals surface area contributed by atoms with Crippen molar-refractivity contribution < 1.29 is 14.2 Å². The van der Waals surface area contributed by atoms with Crippen LogP contribution in [0.2, 0.25) is 0 Å². The molecule has 144 valence electrons. The molecule has 0 aliphatic carbocycles. The van der Waals surface area contributed by atoms with Gasteiger partial charge in [-0.2, -0.15) is 0 Å². The van der Waals surface area contributed by atoms with Crippen LogP contribution in [0, 0.1) is 5.41 Å². The zero-order chi connectivity index (χ0) is 17.5. The molecule has 5 nitrogen and oxygen atoms in total. The minimum absolute atomic E-state index is 0.267. The third kappa shape index (κ3) is 3.77. The van der Waals surface area contributed by atoms with E-state index in [-0.39, 0.29) is 11.9 Å². The number of nitrogens with zero attached hydrogens (tertiary/aromatic N) is 2. The maximum Gasteiger partial charge on any atom is 0.171 e. The van der Waals surface area contributed by atoms with E-state index in [1.807, 2.05) is 0 Å². The maximum absolute atomic E-state index is 6.46. The molecule has 0 aromatic heterocycles. The largest absolute Gasteiger partial charge is 0.380 e. The monoisotopic (exact) mass is 352 g/mol. The van der Waals surface area contributed by atoms with E-state index in [2.05, 4.69) is 30.6 Å². The van der Waals surface area contributed by atoms with Crippen LogP contribution >= 0.6 is 0 Å². The molecule has 4 rings (SSSR count). The van der Waals surface area contributed by atoms with Gasteiger partial charge >= 0.3 is 0 Å². The molecule has 2 unspecified atom stereocenters. The van der Waals surface area contributed by atoms with Crippen molar-refractivity contribution in [2.24, 2.45) is 5.41 Å². The molecule has 0 saturated carbocycles. The van der Waals surface area contributed by atoms with Crippen LogP contribution in [0.3, 0.4) is 0 Å². The number of ether oxygens (including phenoxy) is 3. The van der Waals surface area contributed by atoms with Crippen LogP contribution in [0.1, 0.15) is 52.9 Å². The maximum atomic E-state index is 6.46. The molecule has 0 aromatic carbocycles. The van der Waals surface area contributed by atoms with Crippen LogP contribution in [0.4, 0.5) is 0 Å². The standard InChI is InChI=1S/C20H36N2O3/c1-16(2)21-10-6-20(7-11-21)24-13-18(25-20)12-17(3)22-8-4-19(5-9-22)14-23-15-19/h16-18H,4-15H2,1-3H3. The summed E-state index contributed by atoms with van der Waals surface area (Å²) in [5.41, 5.74) is 0.525. The Morgan fingerprint density at radius 1 is 0.920 bits per heavy atom. The van der Waals surface area contributed by atoms with Crippen molar-refractivity contribution in [2.45, 2.75) is 76.9 Å². The molecule has 4 aliphatic heterocycles. The van der Waals surface area contributed by atoms with Crippen molar-refractivity contribution >= 4 is 0 Å². The van der Waals surface area contributed by atoms with Crippen LogP contribution in [0.5, 0.6) is 0 Å². The summed E-state index contributed by atoms with van der Waals surface area (Å²) in [5, 5.41) is 0. The van der Waals surface area contributed by atoms with Crippen LogP contribution < -0.4 is 0 Å². The molecule has 2 spiro atoms. The third-order valence-corrected chi connectivity index (χ3v) is 7.11. The molecule has 0 bridgehead atoms. The lowest BCUT2D eigenvalue weighted by atomic mass is 9.76. The SMILES string of the molecule is CC(C)N1CCC2(CC1)OCC(CC(C)N1CCC3(CC1)COC3)O2. The van der Waals surface area contributed by atoms with Crippen molar-refractivity contribution in [3.8, 4) is 0 Å². The van der Waals surface area contributed by atoms with Gasteiger partial charge in [-0.15, -0.1) is 0 Å². The second kappa shape index (κ2) is 7.08. The number of hydrogen-bond donors (Lipinski definition) is 0. The third-order valence-electron chi connectivity index (χ3n) is 7.11. The van der Waals surface area contributed by atoms with Gasteiger partial charge in [0, 0.05) is 43.4 Å². The van der Waals surface area contributed by atoms with Gasteiger partial charge in [-0.1, -0.05) is 0 Å². The van der Waals surface area contributed by atoms with E-state index < -0.39 is 0 Å². The Hall–Kier alpha value is -0.200. The number of likely N-dealkylation sites (tertiary alicyclic amines) is 2. The summed E-state index contributed by atoms with van der Waals surface area (Å²) in [6.45, 7) is 14.3. The first kappa shape index (κ1) is 18.2. The van der Waals surface area contributed by atoms with Gasteiger partial charge in [-0.3, -0.25) is 0 Å². The second-order valence-corrected chi connectivity index (χ2v) is 9.20. The molecule has 0 amide bonds. The van der Waals surface area contributed by atoms with Crippen LogP contribution in [-0.2, 0) is 14.2 Å². The normalized spacial score (nSPS) is 33.8. The van der Waals surface area contributed by atoms with Gasteiger partial charge < -0.3 is 24.0 Å². The highest BCUT2D eigenvalue weighted by atomic mass is 16.7. The fraction of sp³-hybridized carbons (Fsp3) is 1.00. The first-order chi connectivity index (χ1) is 12.0. The fourth-order valence-electron chi connectivity index (χ4n) is 5.02. The van der Waals surface area contributed by atoms with Crippen molar-refractivity contribution in [1.82, 2.24) is 9.80 Å². The summed E-state index contributed by atoms with van der Waals surface area (Å²) in [6.07, 6.45) is 6.00. The Balaban J connectivity index is 1.23. The summed E-state index contributed by atoms with van der Waals surface area (Å²) in [7, 11) is 0. The van der Waals surface area contributed by atoms with E-state index in [0.29, 0.717) is 17.5 Å². The predicted octanol–water partition coefficient (Wildman–Crippen LogP) is 2.49. The van der Waals surface area contributed by atoms with Crippen molar-refractivity contribution in [1.29, 1.82) is 0 Å². The summed E-state index contributed by atoms with van der Waals surface area (Å²) in [4.78, 5) is 5.18. The van der Waals surface area contributed by atoms with Crippen LogP contribution in [0.15, 0.2) is 0 Å².